The molecule has 0 N–H and O–H groups in total. The number of hydrogen-bond acceptors (Lipinski definition) is 4. The van der Waals surface area contributed by atoms with E-state index in [4.69, 9.17) is 5.53 Å². The molecule has 8 heteroatoms. The summed E-state index contributed by atoms with van der Waals surface area (Å²) in [6.07, 6.45) is 3.64. The Balaban J connectivity index is 1.83. The van der Waals surface area contributed by atoms with Crippen LogP contribution in [0.25, 0.3) is 27.5 Å². The van der Waals surface area contributed by atoms with Crippen molar-refractivity contribution in [3.05, 3.63) is 64.8 Å². The van der Waals surface area contributed by atoms with Gasteiger partial charge in [-0.05, 0) is 46.4 Å². The van der Waals surface area contributed by atoms with E-state index in [9.17, 15) is 0 Å². The quantitative estimate of drug-likeness (QED) is 0.137. The number of hydrogen-bond donors (Lipinski definition) is 0. The van der Waals surface area contributed by atoms with E-state index in [1.807, 2.05) is 36.7 Å². The van der Waals surface area contributed by atoms with E-state index in [0.717, 1.165) is 16.9 Å². The minimum absolute atomic E-state index is 0.550. The van der Waals surface area contributed by atoms with Crippen molar-refractivity contribution in [2.45, 2.75) is 58.2 Å². The Labute approximate surface area is 190 Å². The third kappa shape index (κ3) is 4.75. The topological polar surface area (TPSA) is 92.4 Å². The molecule has 0 fully saturated rings. The van der Waals surface area contributed by atoms with Crippen molar-refractivity contribution >= 4 is 13.8 Å². The lowest BCUT2D eigenvalue weighted by molar-refractivity contribution is 0.803. The predicted octanol–water partition coefficient (Wildman–Crippen LogP) is 6.84. The Morgan fingerprint density at radius 1 is 0.938 bits per heavy atom. The highest BCUT2D eigenvalue weighted by molar-refractivity contribution is 6.90. The van der Waals surface area contributed by atoms with Gasteiger partial charge in [-0.2, -0.15) is 0 Å². The fourth-order valence-electron chi connectivity index (χ4n) is 4.46. The molecule has 0 spiro atoms. The monoisotopic (exact) mass is 443 g/mol. The Morgan fingerprint density at radius 3 is 2.12 bits per heavy atom. The van der Waals surface area contributed by atoms with E-state index in [0.29, 0.717) is 28.0 Å². The van der Waals surface area contributed by atoms with Crippen LogP contribution in [0.4, 0.5) is 5.69 Å². The van der Waals surface area contributed by atoms with Crippen LogP contribution in [0.2, 0.25) is 16.6 Å². The molecule has 32 heavy (non-hydrogen) atoms. The molecule has 0 unspecified atom stereocenters. The van der Waals surface area contributed by atoms with Gasteiger partial charge in [0, 0.05) is 22.4 Å². The highest BCUT2D eigenvalue weighted by Gasteiger charge is 2.41. The van der Waals surface area contributed by atoms with Crippen molar-refractivity contribution in [2.75, 3.05) is 0 Å². The molecule has 3 aromatic rings. The van der Waals surface area contributed by atoms with Crippen LogP contribution in [-0.2, 0) is 0 Å². The van der Waals surface area contributed by atoms with Gasteiger partial charge < -0.3 is 0 Å². The second-order valence-electron chi connectivity index (χ2n) is 8.83. The predicted molar refractivity (Wildman–Crippen MR) is 131 cm³/mol. The zero-order valence-corrected chi connectivity index (χ0v) is 20.5. The van der Waals surface area contributed by atoms with Gasteiger partial charge in [-0.25, -0.2) is 4.68 Å². The van der Waals surface area contributed by atoms with Gasteiger partial charge in [0.2, 0.25) is 0 Å². The molecule has 0 atom stereocenters. The molecule has 1 aromatic carbocycles. The SMILES string of the molecule is CC(C)[Si](C#Cc1ccc(-c2cn(-c3ccc(N=[N+]=[N-])cc3)nn2)nc1)(C(C)C)C(C)C. The van der Waals surface area contributed by atoms with Crippen molar-refractivity contribution in [1.82, 2.24) is 20.0 Å². The summed E-state index contributed by atoms with van der Waals surface area (Å²) in [6.45, 7) is 13.9. The van der Waals surface area contributed by atoms with Crippen LogP contribution in [0, 0.1) is 11.5 Å². The zero-order chi connectivity index (χ0) is 23.3. The van der Waals surface area contributed by atoms with Crippen LogP contribution in [0.1, 0.15) is 47.1 Å². The summed E-state index contributed by atoms with van der Waals surface area (Å²) in [7, 11) is -1.77. The van der Waals surface area contributed by atoms with E-state index in [2.05, 4.69) is 78.3 Å². The molecule has 3 rings (SSSR count). The summed E-state index contributed by atoms with van der Waals surface area (Å²) in [5.41, 5.74) is 17.8. The maximum atomic E-state index is 8.52. The first-order valence-corrected chi connectivity index (χ1v) is 13.1. The lowest BCUT2D eigenvalue weighted by Crippen LogP contribution is -2.43. The lowest BCUT2D eigenvalue weighted by atomic mass is 10.2. The molecule has 0 bridgehead atoms. The van der Waals surface area contributed by atoms with Gasteiger partial charge in [0.05, 0.1) is 17.6 Å². The number of pyridine rings is 1. The summed E-state index contributed by atoms with van der Waals surface area (Å²) in [6, 6.07) is 11.1. The number of rotatable bonds is 6. The molecular formula is C24H29N7Si. The van der Waals surface area contributed by atoms with Crippen molar-refractivity contribution in [1.29, 1.82) is 0 Å². The van der Waals surface area contributed by atoms with E-state index in [-0.39, 0.29) is 0 Å². The molecular weight excluding hydrogens is 414 g/mol. The minimum atomic E-state index is -1.77. The number of benzene rings is 1. The smallest absolute Gasteiger partial charge is 0.146 e. The van der Waals surface area contributed by atoms with Crippen molar-refractivity contribution in [3.63, 3.8) is 0 Å². The van der Waals surface area contributed by atoms with Gasteiger partial charge >= 0.3 is 0 Å². The van der Waals surface area contributed by atoms with Gasteiger partial charge in [0.25, 0.3) is 0 Å². The third-order valence-electron chi connectivity index (χ3n) is 6.08. The number of nitrogens with zero attached hydrogens (tertiary/aromatic N) is 7. The largest absolute Gasteiger partial charge is 0.253 e. The minimum Gasteiger partial charge on any atom is -0.253 e. The summed E-state index contributed by atoms with van der Waals surface area (Å²) in [5.74, 6) is 3.43. The van der Waals surface area contributed by atoms with Crippen molar-refractivity contribution < 1.29 is 0 Å². The van der Waals surface area contributed by atoms with Gasteiger partial charge in [-0.3, -0.25) is 4.98 Å². The molecule has 0 radical (unpaired) electrons. The molecule has 0 aliphatic carbocycles. The molecule has 0 saturated carbocycles. The van der Waals surface area contributed by atoms with E-state index in [1.165, 1.54) is 0 Å². The second kappa shape index (κ2) is 9.82. The maximum absolute atomic E-state index is 8.52. The standard InChI is InChI=1S/C24H29N7Si/c1-17(2)32(18(3)4,19(5)6)14-13-20-7-12-23(26-15-20)24-16-31(30-28-24)22-10-8-21(9-11-22)27-29-25/h7-12,15-19H,1-6H3. The van der Waals surface area contributed by atoms with Gasteiger partial charge in [-0.1, -0.05) is 69.9 Å². The maximum Gasteiger partial charge on any atom is 0.146 e. The Bertz CT molecular complexity index is 1140. The van der Waals surface area contributed by atoms with Crippen molar-refractivity contribution in [3.8, 4) is 28.5 Å². The zero-order valence-electron chi connectivity index (χ0n) is 19.5. The molecule has 0 amide bonds. The second-order valence-corrected chi connectivity index (χ2v) is 14.4. The van der Waals surface area contributed by atoms with Crippen LogP contribution in [0.15, 0.2) is 53.9 Å². The van der Waals surface area contributed by atoms with Crippen LogP contribution in [0.3, 0.4) is 0 Å². The summed E-state index contributed by atoms with van der Waals surface area (Å²) >= 11 is 0. The van der Waals surface area contributed by atoms with Crippen LogP contribution < -0.4 is 0 Å². The first-order valence-electron chi connectivity index (χ1n) is 10.9. The van der Waals surface area contributed by atoms with Gasteiger partial charge in [0.15, 0.2) is 0 Å². The fraction of sp³-hybridized carbons (Fsp3) is 0.375. The molecule has 0 aliphatic heterocycles. The van der Waals surface area contributed by atoms with Crippen LogP contribution in [-0.4, -0.2) is 28.1 Å². The Kier molecular flexibility index (Phi) is 7.14. The average molecular weight is 444 g/mol. The van der Waals surface area contributed by atoms with E-state index < -0.39 is 8.07 Å². The normalized spacial score (nSPS) is 11.4. The molecule has 0 aliphatic rings. The fourth-order valence-corrected chi connectivity index (χ4v) is 9.69. The highest BCUT2D eigenvalue weighted by Crippen LogP contribution is 2.40. The number of azide groups is 1. The summed E-state index contributed by atoms with van der Waals surface area (Å²) < 4.78 is 1.67. The lowest BCUT2D eigenvalue weighted by Gasteiger charge is -2.38. The Morgan fingerprint density at radius 2 is 1.59 bits per heavy atom. The first kappa shape index (κ1) is 23.3. The molecule has 0 saturated heterocycles. The first-order chi connectivity index (χ1) is 15.3. The number of aromatic nitrogens is 4. The molecule has 2 heterocycles. The van der Waals surface area contributed by atoms with E-state index >= 15 is 0 Å². The van der Waals surface area contributed by atoms with Gasteiger partial charge in [-0.15, -0.1) is 10.6 Å². The highest BCUT2D eigenvalue weighted by atomic mass is 28.3. The third-order valence-corrected chi connectivity index (χ3v) is 12.4. The molecule has 7 nitrogen and oxygen atoms in total. The Hall–Kier alpha value is -3.40. The molecule has 2 aromatic heterocycles. The average Bonchev–Trinajstić information content (AvgIpc) is 3.25. The van der Waals surface area contributed by atoms with Crippen LogP contribution in [0.5, 0.6) is 0 Å². The van der Waals surface area contributed by atoms with E-state index in [1.54, 1.807) is 16.8 Å². The summed E-state index contributed by atoms with van der Waals surface area (Å²) in [4.78, 5) is 7.36. The van der Waals surface area contributed by atoms with Crippen LogP contribution >= 0.6 is 0 Å². The summed E-state index contributed by atoms with van der Waals surface area (Å²) in [5, 5.41) is 12.0. The molecule has 164 valence electrons. The van der Waals surface area contributed by atoms with Gasteiger partial charge in [0.1, 0.15) is 13.8 Å². The van der Waals surface area contributed by atoms with Crippen molar-refractivity contribution in [2.24, 2.45) is 5.11 Å².